The molecule has 0 radical (unpaired) electrons. The topological polar surface area (TPSA) is 112 Å². The van der Waals surface area contributed by atoms with Crippen molar-refractivity contribution < 1.29 is 23.7 Å². The van der Waals surface area contributed by atoms with Gasteiger partial charge in [-0.05, 0) is 61.4 Å². The molecular weight excluding hydrogens is 639 g/mol. The molecule has 1 aliphatic rings. The average molecular weight is 672 g/mol. The maximum absolute atomic E-state index is 14.3. The van der Waals surface area contributed by atoms with Gasteiger partial charge in [-0.2, -0.15) is 5.26 Å². The molecule has 6 rings (SSSR count). The molecule has 10 heteroatoms. The van der Waals surface area contributed by atoms with Crippen molar-refractivity contribution in [1.82, 2.24) is 4.57 Å². The van der Waals surface area contributed by atoms with E-state index in [4.69, 9.17) is 23.9 Å². The summed E-state index contributed by atoms with van der Waals surface area (Å²) in [4.78, 5) is 33.3. The smallest absolute Gasteiger partial charge is 0.338 e. The van der Waals surface area contributed by atoms with Crippen molar-refractivity contribution in [3.63, 3.8) is 0 Å². The van der Waals surface area contributed by atoms with Crippen molar-refractivity contribution in [2.45, 2.75) is 26.5 Å². The van der Waals surface area contributed by atoms with Crippen molar-refractivity contribution in [2.24, 2.45) is 4.99 Å². The summed E-state index contributed by atoms with van der Waals surface area (Å²) in [5, 5.41) is 9.46. The Morgan fingerprint density at radius 1 is 0.939 bits per heavy atom. The van der Waals surface area contributed by atoms with Crippen LogP contribution in [0, 0.1) is 11.3 Å². The monoisotopic (exact) mass is 671 g/mol. The summed E-state index contributed by atoms with van der Waals surface area (Å²) < 4.78 is 24.9. The van der Waals surface area contributed by atoms with Crippen LogP contribution in [0.25, 0.3) is 11.8 Å². The maximum Gasteiger partial charge on any atom is 0.338 e. The Kier molecular flexibility index (Phi) is 10.0. The van der Waals surface area contributed by atoms with Gasteiger partial charge in [-0.3, -0.25) is 9.36 Å². The minimum atomic E-state index is -0.801. The van der Waals surface area contributed by atoms with E-state index < -0.39 is 12.0 Å². The van der Waals surface area contributed by atoms with Crippen LogP contribution in [-0.4, -0.2) is 30.9 Å². The molecule has 0 spiro atoms. The lowest BCUT2D eigenvalue weighted by Crippen LogP contribution is -2.40. The van der Waals surface area contributed by atoms with E-state index in [-0.39, 0.29) is 24.3 Å². The zero-order chi connectivity index (χ0) is 34.3. The van der Waals surface area contributed by atoms with Gasteiger partial charge in [-0.1, -0.05) is 78.1 Å². The van der Waals surface area contributed by atoms with Gasteiger partial charge < -0.3 is 18.9 Å². The zero-order valence-electron chi connectivity index (χ0n) is 27.2. The minimum Gasteiger partial charge on any atom is -0.497 e. The lowest BCUT2D eigenvalue weighted by atomic mass is 9.93. The van der Waals surface area contributed by atoms with Crippen molar-refractivity contribution in [2.75, 3.05) is 20.3 Å². The fourth-order valence-electron chi connectivity index (χ4n) is 5.61. The highest BCUT2D eigenvalue weighted by molar-refractivity contribution is 7.07. The number of aromatic nitrogens is 1. The van der Waals surface area contributed by atoms with Crippen molar-refractivity contribution in [1.29, 1.82) is 5.26 Å². The first-order valence-electron chi connectivity index (χ1n) is 15.8. The normalized spacial score (nSPS) is 14.0. The van der Waals surface area contributed by atoms with Crippen molar-refractivity contribution in [3.05, 3.63) is 150 Å². The van der Waals surface area contributed by atoms with Gasteiger partial charge >= 0.3 is 5.97 Å². The van der Waals surface area contributed by atoms with Crippen molar-refractivity contribution in [3.8, 4) is 23.3 Å². The first-order chi connectivity index (χ1) is 23.9. The van der Waals surface area contributed by atoms with Gasteiger partial charge in [0.05, 0.1) is 53.8 Å². The molecule has 246 valence electrons. The molecule has 0 saturated carbocycles. The Labute approximate surface area is 287 Å². The predicted octanol–water partition coefficient (Wildman–Crippen LogP) is 5.79. The van der Waals surface area contributed by atoms with Gasteiger partial charge in [0.15, 0.2) is 16.3 Å². The molecule has 0 saturated heterocycles. The number of fused-ring (bicyclic) bond motifs is 1. The number of carbonyl (C=O) groups excluding carboxylic acids is 1. The number of thiazole rings is 1. The highest BCUT2D eigenvalue weighted by Crippen LogP contribution is 2.36. The summed E-state index contributed by atoms with van der Waals surface area (Å²) in [6.07, 6.45) is 1.78. The fraction of sp³-hybridized carbons (Fsp3) is 0.179. The molecule has 0 fully saturated rings. The van der Waals surface area contributed by atoms with E-state index in [2.05, 4.69) is 6.07 Å². The Morgan fingerprint density at radius 3 is 2.41 bits per heavy atom. The first kappa shape index (κ1) is 33.0. The van der Waals surface area contributed by atoms with Gasteiger partial charge in [-0.25, -0.2) is 9.79 Å². The number of ether oxygens (including phenoxy) is 4. The molecule has 9 nitrogen and oxygen atoms in total. The summed E-state index contributed by atoms with van der Waals surface area (Å²) in [7, 11) is 1.58. The van der Waals surface area contributed by atoms with Crippen LogP contribution in [-0.2, 0) is 16.1 Å². The molecule has 0 amide bonds. The van der Waals surface area contributed by atoms with Crippen LogP contribution in [0.4, 0.5) is 0 Å². The summed E-state index contributed by atoms with van der Waals surface area (Å²) >= 11 is 1.24. The third-order valence-electron chi connectivity index (χ3n) is 7.89. The summed E-state index contributed by atoms with van der Waals surface area (Å²) in [6.45, 7) is 4.38. The Balaban J connectivity index is 1.47. The number of hydrogen-bond donors (Lipinski definition) is 0. The number of nitriles is 1. The summed E-state index contributed by atoms with van der Waals surface area (Å²) in [5.74, 6) is 1.12. The SMILES string of the molecule is CCOC(=O)C1=C(c2ccccc2)N=c2s/c(=C\c3ccc(OCc4ccccc4C#N)c(OCC)c3)c(=O)n2[C@@H]1c1ccc(OC)cc1. The van der Waals surface area contributed by atoms with Gasteiger partial charge in [0.25, 0.3) is 5.56 Å². The largest absolute Gasteiger partial charge is 0.497 e. The Morgan fingerprint density at radius 2 is 1.69 bits per heavy atom. The third kappa shape index (κ3) is 6.89. The van der Waals surface area contributed by atoms with Crippen LogP contribution >= 0.6 is 11.3 Å². The van der Waals surface area contributed by atoms with E-state index in [1.165, 1.54) is 11.3 Å². The molecule has 49 heavy (non-hydrogen) atoms. The van der Waals surface area contributed by atoms with E-state index in [0.29, 0.717) is 55.6 Å². The maximum atomic E-state index is 14.3. The highest BCUT2D eigenvalue weighted by atomic mass is 32.1. The lowest BCUT2D eigenvalue weighted by Gasteiger charge is -2.26. The van der Waals surface area contributed by atoms with E-state index in [1.807, 2.05) is 79.7 Å². The first-order valence-corrected chi connectivity index (χ1v) is 16.6. The van der Waals surface area contributed by atoms with Crippen LogP contribution in [0.15, 0.2) is 112 Å². The second-order valence-electron chi connectivity index (χ2n) is 10.9. The Bertz CT molecular complexity index is 2250. The van der Waals surface area contributed by atoms with Crippen molar-refractivity contribution >= 4 is 29.1 Å². The number of hydrogen-bond acceptors (Lipinski definition) is 9. The zero-order valence-corrected chi connectivity index (χ0v) is 28.0. The van der Waals surface area contributed by atoms with E-state index >= 15 is 0 Å². The van der Waals surface area contributed by atoms with Gasteiger partial charge in [-0.15, -0.1) is 0 Å². The molecule has 2 heterocycles. The summed E-state index contributed by atoms with van der Waals surface area (Å²) in [6, 6.07) is 30.8. The van der Waals surface area contributed by atoms with Crippen LogP contribution in [0.5, 0.6) is 17.2 Å². The minimum absolute atomic E-state index is 0.164. The molecular formula is C39H33N3O6S. The number of nitrogens with zero attached hydrogens (tertiary/aromatic N) is 3. The lowest BCUT2D eigenvalue weighted by molar-refractivity contribution is -0.138. The molecule has 1 aromatic heterocycles. The molecule has 4 aromatic carbocycles. The van der Waals surface area contributed by atoms with Crippen LogP contribution in [0.3, 0.4) is 0 Å². The second-order valence-corrected chi connectivity index (χ2v) is 11.9. The van der Waals surface area contributed by atoms with E-state index in [1.54, 1.807) is 48.9 Å². The molecule has 0 aliphatic carbocycles. The molecule has 1 atom stereocenters. The van der Waals surface area contributed by atoms with Crippen LogP contribution < -0.4 is 29.1 Å². The van der Waals surface area contributed by atoms with Gasteiger partial charge in [0.1, 0.15) is 12.4 Å². The number of methoxy groups -OCH3 is 1. The molecule has 1 aliphatic heterocycles. The second kappa shape index (κ2) is 14.9. The predicted molar refractivity (Wildman–Crippen MR) is 187 cm³/mol. The molecule has 0 bridgehead atoms. The number of rotatable bonds is 11. The molecule has 0 N–H and O–H groups in total. The van der Waals surface area contributed by atoms with Crippen LogP contribution in [0.1, 0.15) is 47.7 Å². The van der Waals surface area contributed by atoms with E-state index in [9.17, 15) is 14.9 Å². The molecule has 5 aromatic rings. The Hall–Kier alpha value is -5.92. The summed E-state index contributed by atoms with van der Waals surface area (Å²) in [5.41, 5.74) is 3.88. The average Bonchev–Trinajstić information content (AvgIpc) is 3.45. The molecule has 0 unspecified atom stereocenters. The van der Waals surface area contributed by atoms with Gasteiger partial charge in [0.2, 0.25) is 0 Å². The van der Waals surface area contributed by atoms with E-state index in [0.717, 1.165) is 11.1 Å². The number of benzene rings is 4. The highest BCUT2D eigenvalue weighted by Gasteiger charge is 2.35. The fourth-order valence-corrected chi connectivity index (χ4v) is 6.61. The third-order valence-corrected chi connectivity index (χ3v) is 8.87. The quantitative estimate of drug-likeness (QED) is 0.163. The standard InChI is InChI=1S/C39H33N3O6S/c1-4-46-32-21-25(15-20-31(32)48-24-29-14-10-9-13-28(29)23-40)22-33-37(43)42-36(27-16-18-30(45-3)19-17-27)34(38(44)47-5-2)35(41-39(42)49-33)26-11-7-6-8-12-26/h6-22,36H,4-5,24H2,1-3H3/b33-22-/t36-/m1/s1. The number of carbonyl (C=O) groups is 1. The van der Waals surface area contributed by atoms with Gasteiger partial charge in [0, 0.05) is 11.1 Å². The van der Waals surface area contributed by atoms with Crippen LogP contribution in [0.2, 0.25) is 0 Å². The number of esters is 1.